The molecule has 4 heteroatoms. The van der Waals surface area contributed by atoms with E-state index in [1.807, 2.05) is 43.3 Å². The first-order valence-electron chi connectivity index (χ1n) is 8.64. The summed E-state index contributed by atoms with van der Waals surface area (Å²) in [7, 11) is 0. The van der Waals surface area contributed by atoms with E-state index in [9.17, 15) is 4.79 Å². The molecule has 2 aromatic carbocycles. The summed E-state index contributed by atoms with van der Waals surface area (Å²) in [5.74, 6) is 1.44. The number of amides is 1. The molecule has 0 radical (unpaired) electrons. The van der Waals surface area contributed by atoms with Gasteiger partial charge in [0, 0.05) is 18.3 Å². The number of rotatable bonds is 6. The largest absolute Gasteiger partial charge is 0.455 e. The first-order valence-corrected chi connectivity index (χ1v) is 8.64. The average Bonchev–Trinajstić information content (AvgIpc) is 2.63. The molecule has 1 aromatic heterocycles. The lowest BCUT2D eigenvalue weighted by Crippen LogP contribution is -2.12. The highest BCUT2D eigenvalue weighted by Gasteiger charge is 2.07. The number of nitrogens with one attached hydrogen (secondary N) is 1. The predicted molar refractivity (Wildman–Crippen MR) is 104 cm³/mol. The molecule has 1 heterocycles. The van der Waals surface area contributed by atoms with Gasteiger partial charge in [0.1, 0.15) is 11.5 Å². The van der Waals surface area contributed by atoms with Crippen molar-refractivity contribution < 1.29 is 9.53 Å². The van der Waals surface area contributed by atoms with Gasteiger partial charge < -0.3 is 10.1 Å². The molecule has 132 valence electrons. The maximum Gasteiger partial charge on any atom is 0.224 e. The first kappa shape index (κ1) is 17.7. The topological polar surface area (TPSA) is 51.2 Å². The van der Waals surface area contributed by atoms with Crippen molar-refractivity contribution >= 4 is 11.6 Å². The number of carbonyl (C=O) groups is 1. The molecule has 0 bridgehead atoms. The van der Waals surface area contributed by atoms with E-state index in [4.69, 9.17) is 4.74 Å². The van der Waals surface area contributed by atoms with Crippen LogP contribution in [-0.4, -0.2) is 10.9 Å². The molecule has 0 aliphatic heterocycles. The van der Waals surface area contributed by atoms with Crippen LogP contribution in [0.5, 0.6) is 11.5 Å². The molecule has 0 saturated heterocycles. The maximum absolute atomic E-state index is 12.2. The zero-order valence-electron chi connectivity index (χ0n) is 15.0. The van der Waals surface area contributed by atoms with Crippen LogP contribution in [0.4, 0.5) is 5.69 Å². The van der Waals surface area contributed by atoms with Gasteiger partial charge in [-0.1, -0.05) is 29.8 Å². The predicted octanol–water partition coefficient (Wildman–Crippen LogP) is 5.06. The van der Waals surface area contributed by atoms with E-state index in [1.54, 1.807) is 12.4 Å². The molecule has 0 unspecified atom stereocenters. The molecule has 1 amide bonds. The zero-order chi connectivity index (χ0) is 18.4. The third-order valence-electron chi connectivity index (χ3n) is 4.04. The summed E-state index contributed by atoms with van der Waals surface area (Å²) in [4.78, 5) is 16.2. The molecule has 0 aliphatic rings. The molecule has 1 N–H and O–H groups in total. The van der Waals surface area contributed by atoms with Crippen LogP contribution in [0.2, 0.25) is 0 Å². The van der Waals surface area contributed by atoms with Crippen LogP contribution in [0.25, 0.3) is 0 Å². The normalized spacial score (nSPS) is 10.4. The number of aryl methyl sites for hydroxylation is 3. The van der Waals surface area contributed by atoms with Gasteiger partial charge in [0.05, 0.1) is 6.20 Å². The molecule has 0 fully saturated rings. The van der Waals surface area contributed by atoms with Crippen molar-refractivity contribution in [2.45, 2.75) is 26.7 Å². The average molecular weight is 346 g/mol. The van der Waals surface area contributed by atoms with Gasteiger partial charge in [-0.15, -0.1) is 0 Å². The molecule has 3 aromatic rings. The Kier molecular flexibility index (Phi) is 5.64. The van der Waals surface area contributed by atoms with Gasteiger partial charge in [0.15, 0.2) is 0 Å². The number of pyridine rings is 1. The maximum atomic E-state index is 12.2. The fourth-order valence-corrected chi connectivity index (χ4v) is 2.73. The number of carbonyl (C=O) groups excluding carboxylic acids is 1. The summed E-state index contributed by atoms with van der Waals surface area (Å²) in [5.41, 5.74) is 4.11. The van der Waals surface area contributed by atoms with Crippen molar-refractivity contribution in [3.63, 3.8) is 0 Å². The van der Waals surface area contributed by atoms with E-state index in [0.29, 0.717) is 12.2 Å². The summed E-state index contributed by atoms with van der Waals surface area (Å²) in [6, 6.07) is 17.5. The van der Waals surface area contributed by atoms with Gasteiger partial charge in [0.25, 0.3) is 0 Å². The minimum absolute atomic E-state index is 0.00633. The Morgan fingerprint density at radius 1 is 1.08 bits per heavy atom. The van der Waals surface area contributed by atoms with Crippen molar-refractivity contribution in [2.24, 2.45) is 0 Å². The molecule has 0 atom stereocenters. The third-order valence-corrected chi connectivity index (χ3v) is 4.04. The lowest BCUT2D eigenvalue weighted by atomic mass is 10.1. The minimum atomic E-state index is 0.00633. The van der Waals surface area contributed by atoms with Crippen molar-refractivity contribution in [1.82, 2.24) is 4.98 Å². The van der Waals surface area contributed by atoms with E-state index >= 15 is 0 Å². The lowest BCUT2D eigenvalue weighted by molar-refractivity contribution is -0.116. The molecule has 0 aliphatic carbocycles. The van der Waals surface area contributed by atoms with Crippen LogP contribution in [0.15, 0.2) is 67.0 Å². The molecule has 4 nitrogen and oxygen atoms in total. The first-order chi connectivity index (χ1) is 12.6. The number of ether oxygens (including phenoxy) is 1. The standard InChI is InChI=1S/C22H22N2O2/c1-16-5-3-6-18(13-16)8-11-22(25)24-19-9-10-21(17(2)14-19)26-20-7-4-12-23-15-20/h3-7,9-10,12-15H,8,11H2,1-2H3,(H,24,25). The van der Waals surface area contributed by atoms with Crippen LogP contribution in [0.3, 0.4) is 0 Å². The molecular weight excluding hydrogens is 324 g/mol. The van der Waals surface area contributed by atoms with Crippen LogP contribution >= 0.6 is 0 Å². The highest BCUT2D eigenvalue weighted by molar-refractivity contribution is 5.91. The van der Waals surface area contributed by atoms with Crippen LogP contribution in [-0.2, 0) is 11.2 Å². The second-order valence-corrected chi connectivity index (χ2v) is 6.31. The van der Waals surface area contributed by atoms with Gasteiger partial charge in [-0.3, -0.25) is 9.78 Å². The second-order valence-electron chi connectivity index (χ2n) is 6.31. The number of nitrogens with zero attached hydrogens (tertiary/aromatic N) is 1. The molecular formula is C22H22N2O2. The Labute approximate surface area is 153 Å². The van der Waals surface area contributed by atoms with Gasteiger partial charge in [0.2, 0.25) is 5.91 Å². The summed E-state index contributed by atoms with van der Waals surface area (Å²) < 4.78 is 5.81. The monoisotopic (exact) mass is 346 g/mol. The quantitative estimate of drug-likeness (QED) is 0.678. The fourth-order valence-electron chi connectivity index (χ4n) is 2.73. The molecule has 0 saturated carbocycles. The number of benzene rings is 2. The fraction of sp³-hybridized carbons (Fsp3) is 0.182. The summed E-state index contributed by atoms with van der Waals surface area (Å²) in [6.45, 7) is 4.01. The van der Waals surface area contributed by atoms with E-state index in [0.717, 1.165) is 23.4 Å². The smallest absolute Gasteiger partial charge is 0.224 e. The van der Waals surface area contributed by atoms with Crippen molar-refractivity contribution in [1.29, 1.82) is 0 Å². The highest BCUT2D eigenvalue weighted by atomic mass is 16.5. The third kappa shape index (κ3) is 4.93. The number of anilines is 1. The van der Waals surface area contributed by atoms with E-state index in [1.165, 1.54) is 11.1 Å². The van der Waals surface area contributed by atoms with Gasteiger partial charge in [-0.05, 0) is 61.7 Å². The Morgan fingerprint density at radius 2 is 1.96 bits per heavy atom. The Morgan fingerprint density at radius 3 is 2.69 bits per heavy atom. The van der Waals surface area contributed by atoms with Gasteiger partial charge >= 0.3 is 0 Å². The van der Waals surface area contributed by atoms with Crippen molar-refractivity contribution in [3.05, 3.63) is 83.7 Å². The van der Waals surface area contributed by atoms with Crippen LogP contribution in [0.1, 0.15) is 23.1 Å². The van der Waals surface area contributed by atoms with Gasteiger partial charge in [-0.25, -0.2) is 0 Å². The van der Waals surface area contributed by atoms with Crippen LogP contribution in [0, 0.1) is 13.8 Å². The van der Waals surface area contributed by atoms with Crippen molar-refractivity contribution in [2.75, 3.05) is 5.32 Å². The van der Waals surface area contributed by atoms with Crippen molar-refractivity contribution in [3.8, 4) is 11.5 Å². The number of hydrogen-bond acceptors (Lipinski definition) is 3. The lowest BCUT2D eigenvalue weighted by Gasteiger charge is -2.11. The Balaban J connectivity index is 1.57. The zero-order valence-corrected chi connectivity index (χ0v) is 15.0. The van der Waals surface area contributed by atoms with Crippen LogP contribution < -0.4 is 10.1 Å². The molecule has 3 rings (SSSR count). The van der Waals surface area contributed by atoms with Gasteiger partial charge in [-0.2, -0.15) is 0 Å². The second kappa shape index (κ2) is 8.30. The molecule has 0 spiro atoms. The van der Waals surface area contributed by atoms with E-state index in [-0.39, 0.29) is 5.91 Å². The Hall–Kier alpha value is -3.14. The van der Waals surface area contributed by atoms with E-state index < -0.39 is 0 Å². The number of hydrogen-bond donors (Lipinski definition) is 1. The molecule has 26 heavy (non-hydrogen) atoms. The Bertz CT molecular complexity index is 892. The minimum Gasteiger partial charge on any atom is -0.455 e. The summed E-state index contributed by atoms with van der Waals surface area (Å²) >= 11 is 0. The van der Waals surface area contributed by atoms with E-state index in [2.05, 4.69) is 35.4 Å². The SMILES string of the molecule is Cc1cccc(CCC(=O)Nc2ccc(Oc3cccnc3)c(C)c2)c1. The summed E-state index contributed by atoms with van der Waals surface area (Å²) in [6.07, 6.45) is 4.56. The number of aromatic nitrogens is 1. The summed E-state index contributed by atoms with van der Waals surface area (Å²) in [5, 5.41) is 2.95. The highest BCUT2D eigenvalue weighted by Crippen LogP contribution is 2.26.